The molecule has 0 amide bonds. The van der Waals surface area contributed by atoms with Crippen molar-refractivity contribution in [1.29, 1.82) is 0 Å². The summed E-state index contributed by atoms with van der Waals surface area (Å²) in [6.45, 7) is 5.22. The Morgan fingerprint density at radius 1 is 1.31 bits per heavy atom. The predicted octanol–water partition coefficient (Wildman–Crippen LogP) is 3.17. The molecule has 84 valence electrons. The lowest BCUT2D eigenvalue weighted by Gasteiger charge is -2.14. The van der Waals surface area contributed by atoms with Crippen molar-refractivity contribution >= 4 is 0 Å². The van der Waals surface area contributed by atoms with E-state index >= 15 is 0 Å². The number of benzene rings is 1. The van der Waals surface area contributed by atoms with Gasteiger partial charge in [-0.25, -0.2) is 0 Å². The molecule has 0 radical (unpaired) electrons. The highest BCUT2D eigenvalue weighted by Crippen LogP contribution is 2.14. The van der Waals surface area contributed by atoms with E-state index in [-0.39, 0.29) is 0 Å². The number of H-pyrrole nitrogens is 1. The average molecular weight is 214 g/mol. The molecule has 1 atom stereocenters. The number of hydrogen-bond donors (Lipinski definition) is 2. The first-order chi connectivity index (χ1) is 7.75. The van der Waals surface area contributed by atoms with Gasteiger partial charge in [0.15, 0.2) is 0 Å². The maximum Gasteiger partial charge on any atom is 0.0295 e. The Morgan fingerprint density at radius 2 is 2.19 bits per heavy atom. The zero-order chi connectivity index (χ0) is 11.4. The van der Waals surface area contributed by atoms with Crippen LogP contribution in [-0.4, -0.2) is 4.98 Å². The summed E-state index contributed by atoms with van der Waals surface area (Å²) in [6, 6.07) is 11.1. The third-order valence-corrected chi connectivity index (χ3v) is 2.82. The first-order valence-electron chi connectivity index (χ1n) is 5.67. The van der Waals surface area contributed by atoms with Crippen LogP contribution < -0.4 is 5.32 Å². The quantitative estimate of drug-likeness (QED) is 0.803. The summed E-state index contributed by atoms with van der Waals surface area (Å²) in [5.41, 5.74) is 3.95. The largest absolute Gasteiger partial charge is 0.367 e. The summed E-state index contributed by atoms with van der Waals surface area (Å²) in [5, 5.41) is 3.51. The molecule has 1 aromatic heterocycles. The van der Waals surface area contributed by atoms with Gasteiger partial charge in [-0.1, -0.05) is 29.8 Å². The summed E-state index contributed by atoms with van der Waals surface area (Å²) in [7, 11) is 0. The number of aryl methyl sites for hydroxylation is 1. The third-order valence-electron chi connectivity index (χ3n) is 2.82. The van der Waals surface area contributed by atoms with Gasteiger partial charge in [-0.05, 0) is 31.0 Å². The Morgan fingerprint density at radius 3 is 2.88 bits per heavy atom. The van der Waals surface area contributed by atoms with E-state index in [4.69, 9.17) is 0 Å². The van der Waals surface area contributed by atoms with E-state index in [0.29, 0.717) is 6.04 Å². The minimum Gasteiger partial charge on any atom is -0.367 e. The second-order valence-electron chi connectivity index (χ2n) is 4.24. The number of aromatic nitrogens is 1. The van der Waals surface area contributed by atoms with Crippen LogP contribution in [0.5, 0.6) is 0 Å². The molecule has 2 heteroatoms. The molecular weight excluding hydrogens is 196 g/mol. The standard InChI is InChI=1S/C14H18N2/c1-11-4-3-5-14(8-11)12(2)16-10-13-6-7-15-9-13/h3-9,12,15-16H,10H2,1-2H3/t12-/m0/s1. The second kappa shape index (κ2) is 4.99. The van der Waals surface area contributed by atoms with Crippen LogP contribution in [0, 0.1) is 6.92 Å². The zero-order valence-electron chi connectivity index (χ0n) is 9.83. The number of nitrogens with one attached hydrogen (secondary N) is 2. The molecule has 0 bridgehead atoms. The molecule has 0 aliphatic carbocycles. The lowest BCUT2D eigenvalue weighted by atomic mass is 10.1. The van der Waals surface area contributed by atoms with Crippen molar-refractivity contribution < 1.29 is 0 Å². The SMILES string of the molecule is Cc1cccc([C@H](C)NCc2cc[nH]c2)c1. The van der Waals surface area contributed by atoms with Crippen molar-refractivity contribution in [2.45, 2.75) is 26.4 Å². The summed E-state index contributed by atoms with van der Waals surface area (Å²) < 4.78 is 0. The van der Waals surface area contributed by atoms with E-state index in [0.717, 1.165) is 6.54 Å². The van der Waals surface area contributed by atoms with E-state index in [1.807, 2.05) is 12.4 Å². The first kappa shape index (κ1) is 11.0. The molecule has 0 fully saturated rings. The number of aromatic amines is 1. The van der Waals surface area contributed by atoms with Gasteiger partial charge in [-0.15, -0.1) is 0 Å². The van der Waals surface area contributed by atoms with Gasteiger partial charge in [0.25, 0.3) is 0 Å². The van der Waals surface area contributed by atoms with E-state index < -0.39 is 0 Å². The molecule has 2 rings (SSSR count). The molecule has 0 unspecified atom stereocenters. The highest BCUT2D eigenvalue weighted by molar-refractivity contribution is 5.24. The van der Waals surface area contributed by atoms with E-state index in [2.05, 4.69) is 54.5 Å². The van der Waals surface area contributed by atoms with Gasteiger partial charge >= 0.3 is 0 Å². The van der Waals surface area contributed by atoms with Crippen LogP contribution in [0.3, 0.4) is 0 Å². The molecule has 0 aliphatic rings. The average Bonchev–Trinajstić information content (AvgIpc) is 2.78. The predicted molar refractivity (Wildman–Crippen MR) is 67.2 cm³/mol. The van der Waals surface area contributed by atoms with Crippen molar-refractivity contribution in [1.82, 2.24) is 10.3 Å². The van der Waals surface area contributed by atoms with Crippen molar-refractivity contribution in [3.05, 3.63) is 59.4 Å². The van der Waals surface area contributed by atoms with Crippen LogP contribution in [0.4, 0.5) is 0 Å². The molecule has 0 saturated heterocycles. The molecule has 1 aromatic carbocycles. The van der Waals surface area contributed by atoms with Gasteiger partial charge in [0, 0.05) is 25.0 Å². The van der Waals surface area contributed by atoms with Gasteiger partial charge in [-0.3, -0.25) is 0 Å². The van der Waals surface area contributed by atoms with Crippen LogP contribution in [0.15, 0.2) is 42.7 Å². The fourth-order valence-corrected chi connectivity index (χ4v) is 1.80. The Balaban J connectivity index is 1.95. The maximum absolute atomic E-state index is 3.51. The van der Waals surface area contributed by atoms with Crippen molar-refractivity contribution in [3.63, 3.8) is 0 Å². The van der Waals surface area contributed by atoms with Crippen LogP contribution in [0.1, 0.15) is 29.7 Å². The Hall–Kier alpha value is -1.54. The fourth-order valence-electron chi connectivity index (χ4n) is 1.80. The normalized spacial score (nSPS) is 12.6. The molecule has 0 spiro atoms. The smallest absolute Gasteiger partial charge is 0.0295 e. The minimum absolute atomic E-state index is 0.384. The Bertz CT molecular complexity index is 432. The van der Waals surface area contributed by atoms with E-state index in [9.17, 15) is 0 Å². The van der Waals surface area contributed by atoms with Gasteiger partial charge in [-0.2, -0.15) is 0 Å². The number of hydrogen-bond acceptors (Lipinski definition) is 1. The molecule has 16 heavy (non-hydrogen) atoms. The molecule has 0 saturated carbocycles. The number of rotatable bonds is 4. The lowest BCUT2D eigenvalue weighted by Crippen LogP contribution is -2.17. The molecular formula is C14H18N2. The van der Waals surface area contributed by atoms with Gasteiger partial charge < -0.3 is 10.3 Å². The monoisotopic (exact) mass is 214 g/mol. The van der Waals surface area contributed by atoms with E-state index in [1.54, 1.807) is 0 Å². The zero-order valence-corrected chi connectivity index (χ0v) is 9.83. The summed E-state index contributed by atoms with van der Waals surface area (Å²) in [5.74, 6) is 0. The van der Waals surface area contributed by atoms with Crippen molar-refractivity contribution in [3.8, 4) is 0 Å². The molecule has 2 aromatic rings. The first-order valence-corrected chi connectivity index (χ1v) is 5.67. The Labute approximate surface area is 96.7 Å². The summed E-state index contributed by atoms with van der Waals surface area (Å²) >= 11 is 0. The Kier molecular flexibility index (Phi) is 3.42. The van der Waals surface area contributed by atoms with Crippen LogP contribution in [-0.2, 0) is 6.54 Å². The molecule has 2 N–H and O–H groups in total. The van der Waals surface area contributed by atoms with Crippen LogP contribution in [0.25, 0.3) is 0 Å². The highest BCUT2D eigenvalue weighted by atomic mass is 14.9. The van der Waals surface area contributed by atoms with Crippen LogP contribution >= 0.6 is 0 Å². The molecule has 1 heterocycles. The highest BCUT2D eigenvalue weighted by Gasteiger charge is 2.04. The van der Waals surface area contributed by atoms with Crippen molar-refractivity contribution in [2.24, 2.45) is 0 Å². The molecule has 2 nitrogen and oxygen atoms in total. The van der Waals surface area contributed by atoms with Gasteiger partial charge in [0.2, 0.25) is 0 Å². The van der Waals surface area contributed by atoms with Crippen LogP contribution in [0.2, 0.25) is 0 Å². The topological polar surface area (TPSA) is 27.8 Å². The second-order valence-corrected chi connectivity index (χ2v) is 4.24. The summed E-state index contributed by atoms with van der Waals surface area (Å²) in [4.78, 5) is 3.06. The van der Waals surface area contributed by atoms with Gasteiger partial charge in [0.1, 0.15) is 0 Å². The fraction of sp³-hybridized carbons (Fsp3) is 0.286. The van der Waals surface area contributed by atoms with E-state index in [1.165, 1.54) is 16.7 Å². The summed E-state index contributed by atoms with van der Waals surface area (Å²) in [6.07, 6.45) is 3.98. The lowest BCUT2D eigenvalue weighted by molar-refractivity contribution is 0.574. The third kappa shape index (κ3) is 2.74. The van der Waals surface area contributed by atoms with Gasteiger partial charge in [0.05, 0.1) is 0 Å². The molecule has 0 aliphatic heterocycles. The van der Waals surface area contributed by atoms with Crippen molar-refractivity contribution in [2.75, 3.05) is 0 Å². The maximum atomic E-state index is 3.51. The minimum atomic E-state index is 0.384.